The molecule has 0 radical (unpaired) electrons. The molecule has 284 valence electrons. The molecule has 0 spiro atoms. The van der Waals surface area contributed by atoms with Crippen LogP contribution in [0.3, 0.4) is 0 Å². The van der Waals surface area contributed by atoms with E-state index in [2.05, 4.69) is 13.2 Å². The Kier molecular flexibility index (Phi) is 23.4. The van der Waals surface area contributed by atoms with Gasteiger partial charge in [-0.25, -0.2) is 4.79 Å². The lowest BCUT2D eigenvalue weighted by molar-refractivity contribution is -0.0229. The van der Waals surface area contributed by atoms with E-state index in [1.165, 1.54) is 0 Å². The highest BCUT2D eigenvalue weighted by Crippen LogP contribution is 2.17. The summed E-state index contributed by atoms with van der Waals surface area (Å²) in [6.07, 6.45) is 13.4. The molecular formula is C44H60O8. The van der Waals surface area contributed by atoms with Crippen LogP contribution in [0.15, 0.2) is 104 Å². The van der Waals surface area contributed by atoms with Crippen molar-refractivity contribution < 1.29 is 38.0 Å². The van der Waals surface area contributed by atoms with Crippen molar-refractivity contribution in [1.29, 1.82) is 0 Å². The van der Waals surface area contributed by atoms with Crippen LogP contribution in [-0.2, 0) is 36.9 Å². The Labute approximate surface area is 312 Å². The van der Waals surface area contributed by atoms with Crippen molar-refractivity contribution in [3.8, 4) is 11.5 Å². The standard InChI is InChI=1S/C44H60O8/c1-3-28-46-30-12-5-7-14-33-49-41-24-20-38(21-25-41)35-48-32-16-19-43(37-52-44(45)40-17-10-9-11-18-40)51-36-39-22-26-42(27-23-39)50-34-15-8-6-13-31-47-29-4-2/h3-4,9-11,17-18,20-27,43H,1-2,5-8,12-16,19,28-37H2. The van der Waals surface area contributed by atoms with Gasteiger partial charge in [-0.05, 0) is 98.9 Å². The molecule has 0 N–H and O–H groups in total. The second kappa shape index (κ2) is 28.6. The summed E-state index contributed by atoms with van der Waals surface area (Å²) in [6, 6.07) is 25.1. The monoisotopic (exact) mass is 716 g/mol. The van der Waals surface area contributed by atoms with Gasteiger partial charge in [0.1, 0.15) is 18.1 Å². The quantitative estimate of drug-likeness (QED) is 0.0359. The Morgan fingerprint density at radius 1 is 0.558 bits per heavy atom. The van der Waals surface area contributed by atoms with Crippen LogP contribution in [0.1, 0.15) is 85.7 Å². The Morgan fingerprint density at radius 2 is 1.06 bits per heavy atom. The lowest BCUT2D eigenvalue weighted by Gasteiger charge is -2.18. The van der Waals surface area contributed by atoms with Crippen LogP contribution >= 0.6 is 0 Å². The van der Waals surface area contributed by atoms with Gasteiger partial charge in [0, 0.05) is 19.8 Å². The smallest absolute Gasteiger partial charge is 0.338 e. The topological polar surface area (TPSA) is 81.7 Å². The molecule has 0 bridgehead atoms. The van der Waals surface area contributed by atoms with Crippen LogP contribution in [0.2, 0.25) is 0 Å². The van der Waals surface area contributed by atoms with E-state index in [0.29, 0.717) is 58.2 Å². The van der Waals surface area contributed by atoms with Crippen LogP contribution in [-0.4, -0.2) is 64.9 Å². The van der Waals surface area contributed by atoms with Gasteiger partial charge in [-0.15, -0.1) is 13.2 Å². The molecule has 52 heavy (non-hydrogen) atoms. The van der Waals surface area contributed by atoms with Gasteiger partial charge in [0.05, 0.1) is 51.3 Å². The average Bonchev–Trinajstić information content (AvgIpc) is 3.18. The SMILES string of the molecule is C=CCOCCCCCCOc1ccc(COCCCC(COC(=O)c2ccccc2)OCc2ccc(OCCCCCCOCC=C)cc2)cc1. The molecule has 0 saturated carbocycles. The molecule has 0 aromatic heterocycles. The molecule has 0 heterocycles. The van der Waals surface area contributed by atoms with Crippen molar-refractivity contribution >= 4 is 5.97 Å². The van der Waals surface area contributed by atoms with E-state index in [-0.39, 0.29) is 18.7 Å². The second-order valence-corrected chi connectivity index (χ2v) is 12.6. The minimum absolute atomic E-state index is 0.168. The predicted molar refractivity (Wildman–Crippen MR) is 207 cm³/mol. The molecule has 0 amide bonds. The van der Waals surface area contributed by atoms with Gasteiger partial charge in [0.25, 0.3) is 0 Å². The van der Waals surface area contributed by atoms with Crippen molar-refractivity contribution in [3.63, 3.8) is 0 Å². The Bertz CT molecular complexity index is 1330. The zero-order valence-corrected chi connectivity index (χ0v) is 31.1. The molecule has 3 rings (SSSR count). The van der Waals surface area contributed by atoms with E-state index < -0.39 is 0 Å². The molecule has 0 saturated heterocycles. The van der Waals surface area contributed by atoms with Gasteiger partial charge < -0.3 is 33.2 Å². The first-order valence-electron chi connectivity index (χ1n) is 18.9. The summed E-state index contributed by atoms with van der Waals surface area (Å²) in [6.45, 7) is 13.2. The number of esters is 1. The van der Waals surface area contributed by atoms with Crippen molar-refractivity contribution in [2.45, 2.75) is 83.5 Å². The summed E-state index contributed by atoms with van der Waals surface area (Å²) >= 11 is 0. The first-order valence-corrected chi connectivity index (χ1v) is 18.9. The predicted octanol–water partition coefficient (Wildman–Crippen LogP) is 9.71. The van der Waals surface area contributed by atoms with E-state index >= 15 is 0 Å². The van der Waals surface area contributed by atoms with Gasteiger partial charge in [-0.2, -0.15) is 0 Å². The summed E-state index contributed by atoms with van der Waals surface area (Å²) in [5.74, 6) is 1.36. The Morgan fingerprint density at radius 3 is 1.60 bits per heavy atom. The fraction of sp³-hybridized carbons (Fsp3) is 0.477. The minimum Gasteiger partial charge on any atom is -0.494 e. The Hall–Kier alpha value is -3.95. The average molecular weight is 717 g/mol. The zero-order valence-electron chi connectivity index (χ0n) is 31.1. The van der Waals surface area contributed by atoms with Crippen LogP contribution < -0.4 is 9.47 Å². The third-order valence-electron chi connectivity index (χ3n) is 8.20. The van der Waals surface area contributed by atoms with Crippen LogP contribution in [0, 0.1) is 0 Å². The van der Waals surface area contributed by atoms with Crippen LogP contribution in [0.4, 0.5) is 0 Å². The maximum absolute atomic E-state index is 12.6. The van der Waals surface area contributed by atoms with Gasteiger partial charge in [0.2, 0.25) is 0 Å². The van der Waals surface area contributed by atoms with Gasteiger partial charge in [-0.3, -0.25) is 0 Å². The summed E-state index contributed by atoms with van der Waals surface area (Å²) in [5.41, 5.74) is 2.64. The molecule has 0 aliphatic rings. The summed E-state index contributed by atoms with van der Waals surface area (Å²) in [4.78, 5) is 12.6. The number of benzene rings is 3. The molecule has 0 aliphatic carbocycles. The lowest BCUT2D eigenvalue weighted by atomic mass is 10.2. The van der Waals surface area contributed by atoms with E-state index in [9.17, 15) is 4.79 Å². The van der Waals surface area contributed by atoms with Gasteiger partial charge in [-0.1, -0.05) is 67.5 Å². The number of hydrogen-bond acceptors (Lipinski definition) is 8. The van der Waals surface area contributed by atoms with E-state index in [4.69, 9.17) is 33.2 Å². The zero-order chi connectivity index (χ0) is 36.7. The second-order valence-electron chi connectivity index (χ2n) is 12.6. The first-order chi connectivity index (χ1) is 25.7. The molecule has 8 heteroatoms. The summed E-state index contributed by atoms with van der Waals surface area (Å²) in [7, 11) is 0. The van der Waals surface area contributed by atoms with Crippen LogP contribution in [0.5, 0.6) is 11.5 Å². The molecule has 8 nitrogen and oxygen atoms in total. The Balaban J connectivity index is 1.34. The first kappa shape index (κ1) is 42.5. The van der Waals surface area contributed by atoms with E-state index in [0.717, 1.165) is 93.6 Å². The highest BCUT2D eigenvalue weighted by molar-refractivity contribution is 5.89. The third-order valence-corrected chi connectivity index (χ3v) is 8.20. The van der Waals surface area contributed by atoms with Gasteiger partial charge >= 0.3 is 5.97 Å². The molecule has 3 aromatic carbocycles. The molecule has 0 aliphatic heterocycles. The van der Waals surface area contributed by atoms with E-state index in [1.807, 2.05) is 66.7 Å². The van der Waals surface area contributed by atoms with Crippen molar-refractivity contribution in [2.24, 2.45) is 0 Å². The largest absolute Gasteiger partial charge is 0.494 e. The third kappa shape index (κ3) is 20.2. The fourth-order valence-corrected chi connectivity index (χ4v) is 5.25. The fourth-order valence-electron chi connectivity index (χ4n) is 5.25. The number of carbonyl (C=O) groups excluding carboxylic acids is 1. The number of unbranched alkanes of at least 4 members (excludes halogenated alkanes) is 6. The maximum Gasteiger partial charge on any atom is 0.338 e. The normalized spacial score (nSPS) is 11.5. The molecule has 1 atom stereocenters. The molecule has 1 unspecified atom stereocenters. The van der Waals surface area contributed by atoms with Crippen molar-refractivity contribution in [3.05, 3.63) is 121 Å². The number of rotatable bonds is 32. The highest BCUT2D eigenvalue weighted by Gasteiger charge is 2.15. The molecular weight excluding hydrogens is 656 g/mol. The number of carbonyl (C=O) groups is 1. The summed E-state index contributed by atoms with van der Waals surface area (Å²) < 4.78 is 40.5. The highest BCUT2D eigenvalue weighted by atomic mass is 16.6. The van der Waals surface area contributed by atoms with E-state index in [1.54, 1.807) is 24.3 Å². The molecule has 3 aromatic rings. The number of hydrogen-bond donors (Lipinski definition) is 0. The number of ether oxygens (including phenoxy) is 7. The van der Waals surface area contributed by atoms with Gasteiger partial charge in [0.15, 0.2) is 0 Å². The maximum atomic E-state index is 12.6. The van der Waals surface area contributed by atoms with Crippen molar-refractivity contribution in [1.82, 2.24) is 0 Å². The van der Waals surface area contributed by atoms with Crippen molar-refractivity contribution in [2.75, 3.05) is 52.9 Å². The lowest BCUT2D eigenvalue weighted by Crippen LogP contribution is -2.23. The van der Waals surface area contributed by atoms with Crippen LogP contribution in [0.25, 0.3) is 0 Å². The summed E-state index contributed by atoms with van der Waals surface area (Å²) in [5, 5.41) is 0. The minimum atomic E-state index is -0.356. The molecule has 0 fully saturated rings.